The molecule has 0 aromatic heterocycles. The van der Waals surface area contributed by atoms with Gasteiger partial charge in [0, 0.05) is 17.8 Å². The van der Waals surface area contributed by atoms with Gasteiger partial charge in [0.25, 0.3) is 0 Å². The van der Waals surface area contributed by atoms with Gasteiger partial charge in [-0.25, -0.2) is 0 Å². The van der Waals surface area contributed by atoms with E-state index in [9.17, 15) is 0 Å². The lowest BCUT2D eigenvalue weighted by Gasteiger charge is -2.22. The molecule has 20 heavy (non-hydrogen) atoms. The van der Waals surface area contributed by atoms with Gasteiger partial charge in [-0.1, -0.05) is 37.5 Å². The molecular formula is C16H24N2OS. The van der Waals surface area contributed by atoms with Crippen molar-refractivity contribution in [3.8, 4) is 0 Å². The van der Waals surface area contributed by atoms with Crippen molar-refractivity contribution in [1.29, 1.82) is 0 Å². The van der Waals surface area contributed by atoms with Crippen molar-refractivity contribution in [1.82, 2.24) is 0 Å². The van der Waals surface area contributed by atoms with E-state index in [0.717, 1.165) is 24.4 Å². The number of rotatable bonds is 6. The summed E-state index contributed by atoms with van der Waals surface area (Å²) in [5.41, 5.74) is 8.85. The zero-order valence-corrected chi connectivity index (χ0v) is 13.0. The van der Waals surface area contributed by atoms with E-state index in [1.165, 1.54) is 37.7 Å². The minimum Gasteiger partial charge on any atom is -0.389 e. The zero-order valence-electron chi connectivity index (χ0n) is 12.2. The monoisotopic (exact) mass is 292 g/mol. The first kappa shape index (κ1) is 15.3. The van der Waals surface area contributed by atoms with Gasteiger partial charge in [-0.05, 0) is 37.5 Å². The second-order valence-corrected chi connectivity index (χ2v) is 5.91. The van der Waals surface area contributed by atoms with Crippen molar-refractivity contribution in [2.24, 2.45) is 5.73 Å². The molecule has 0 heterocycles. The van der Waals surface area contributed by atoms with Crippen molar-refractivity contribution in [2.45, 2.75) is 45.1 Å². The Morgan fingerprint density at radius 2 is 2.10 bits per heavy atom. The molecule has 3 nitrogen and oxygen atoms in total. The van der Waals surface area contributed by atoms with Gasteiger partial charge in [-0.3, -0.25) is 0 Å². The first-order valence-electron chi connectivity index (χ1n) is 7.43. The predicted molar refractivity (Wildman–Crippen MR) is 88.4 cm³/mol. The minimum absolute atomic E-state index is 0.431. The maximum Gasteiger partial charge on any atom is 0.106 e. The molecule has 1 aromatic carbocycles. The molecule has 1 saturated carbocycles. The van der Waals surface area contributed by atoms with Crippen LogP contribution in [0.3, 0.4) is 0 Å². The first-order chi connectivity index (χ1) is 9.66. The maximum absolute atomic E-state index is 5.91. The zero-order chi connectivity index (χ0) is 14.4. The fourth-order valence-corrected chi connectivity index (χ4v) is 2.84. The quantitative estimate of drug-likeness (QED) is 0.623. The van der Waals surface area contributed by atoms with Gasteiger partial charge in [-0.2, -0.15) is 0 Å². The minimum atomic E-state index is 0.431. The number of thiocarbonyl (C=S) groups is 1. The third-order valence-electron chi connectivity index (χ3n) is 3.76. The number of hydrogen-bond donors (Lipinski definition) is 2. The van der Waals surface area contributed by atoms with Crippen LogP contribution in [-0.4, -0.2) is 24.2 Å². The number of benzene rings is 1. The molecular weight excluding hydrogens is 268 g/mol. The summed E-state index contributed by atoms with van der Waals surface area (Å²) in [4.78, 5) is 0.431. The van der Waals surface area contributed by atoms with Gasteiger partial charge in [0.15, 0.2) is 0 Å². The Labute approximate surface area is 126 Å². The molecule has 110 valence electrons. The molecule has 3 N–H and O–H groups in total. The summed E-state index contributed by atoms with van der Waals surface area (Å²) < 4.78 is 5.91. The average Bonchev–Trinajstić information content (AvgIpc) is 2.44. The number of nitrogens with two attached hydrogens (primary N) is 1. The number of aryl methyl sites for hydroxylation is 1. The normalized spacial score (nSPS) is 16.1. The van der Waals surface area contributed by atoms with Gasteiger partial charge in [0.2, 0.25) is 0 Å². The summed E-state index contributed by atoms with van der Waals surface area (Å²) in [5, 5.41) is 3.38. The summed E-state index contributed by atoms with van der Waals surface area (Å²) in [6.45, 7) is 3.58. The Morgan fingerprint density at radius 1 is 1.35 bits per heavy atom. The van der Waals surface area contributed by atoms with Gasteiger partial charge < -0.3 is 15.8 Å². The second kappa shape index (κ2) is 7.60. The Morgan fingerprint density at radius 3 is 2.80 bits per heavy atom. The highest BCUT2D eigenvalue weighted by Gasteiger charge is 2.13. The van der Waals surface area contributed by atoms with Crippen molar-refractivity contribution >= 4 is 22.9 Å². The first-order valence-corrected chi connectivity index (χ1v) is 7.83. The van der Waals surface area contributed by atoms with E-state index < -0.39 is 0 Å². The predicted octanol–water partition coefficient (Wildman–Crippen LogP) is 3.39. The summed E-state index contributed by atoms with van der Waals surface area (Å²) in [5.74, 6) is 0. The Balaban J connectivity index is 1.81. The molecule has 0 spiro atoms. The van der Waals surface area contributed by atoms with Crippen LogP contribution in [0, 0.1) is 6.92 Å². The van der Waals surface area contributed by atoms with E-state index in [-0.39, 0.29) is 0 Å². The van der Waals surface area contributed by atoms with Crippen LogP contribution in [-0.2, 0) is 4.74 Å². The summed E-state index contributed by atoms with van der Waals surface area (Å²) in [6.07, 6.45) is 6.85. The van der Waals surface area contributed by atoms with Crippen LogP contribution in [0.2, 0.25) is 0 Å². The molecule has 1 aromatic rings. The van der Waals surface area contributed by atoms with Gasteiger partial charge in [0.05, 0.1) is 12.7 Å². The Hall–Kier alpha value is -1.13. The lowest BCUT2D eigenvalue weighted by atomic mass is 9.98. The fraction of sp³-hybridized carbons (Fsp3) is 0.562. The lowest BCUT2D eigenvalue weighted by molar-refractivity contribution is 0.0347. The highest BCUT2D eigenvalue weighted by Crippen LogP contribution is 2.20. The van der Waals surface area contributed by atoms with E-state index in [2.05, 4.69) is 18.3 Å². The van der Waals surface area contributed by atoms with Crippen LogP contribution < -0.4 is 11.1 Å². The molecule has 0 saturated heterocycles. The average molecular weight is 292 g/mol. The summed E-state index contributed by atoms with van der Waals surface area (Å²) in [7, 11) is 0. The Bertz CT molecular complexity index is 456. The number of nitrogens with one attached hydrogen (secondary N) is 1. The lowest BCUT2D eigenvalue weighted by Crippen LogP contribution is -2.21. The molecule has 0 amide bonds. The van der Waals surface area contributed by atoms with E-state index in [1.54, 1.807) is 0 Å². The SMILES string of the molecule is Cc1ccc(C(N)=S)c(NCCOC2CCCCC2)c1. The van der Waals surface area contributed by atoms with Gasteiger partial charge >= 0.3 is 0 Å². The number of anilines is 1. The largest absolute Gasteiger partial charge is 0.389 e. The molecule has 0 atom stereocenters. The number of hydrogen-bond acceptors (Lipinski definition) is 3. The second-order valence-electron chi connectivity index (χ2n) is 5.47. The standard InChI is InChI=1S/C16H24N2OS/c1-12-7-8-14(16(17)20)15(11-12)18-9-10-19-13-5-3-2-4-6-13/h7-8,11,13,18H,2-6,9-10H2,1H3,(H2,17,20). The summed E-state index contributed by atoms with van der Waals surface area (Å²) in [6, 6.07) is 6.08. The van der Waals surface area contributed by atoms with E-state index in [4.69, 9.17) is 22.7 Å². The number of ether oxygens (including phenoxy) is 1. The van der Waals surface area contributed by atoms with Crippen molar-refractivity contribution in [3.63, 3.8) is 0 Å². The molecule has 1 aliphatic rings. The highest BCUT2D eigenvalue weighted by atomic mass is 32.1. The van der Waals surface area contributed by atoms with Crippen molar-refractivity contribution < 1.29 is 4.74 Å². The third kappa shape index (κ3) is 4.46. The van der Waals surface area contributed by atoms with Crippen LogP contribution in [0.4, 0.5) is 5.69 Å². The van der Waals surface area contributed by atoms with Crippen LogP contribution >= 0.6 is 12.2 Å². The van der Waals surface area contributed by atoms with Crippen LogP contribution in [0.1, 0.15) is 43.2 Å². The van der Waals surface area contributed by atoms with Crippen LogP contribution in [0.15, 0.2) is 18.2 Å². The molecule has 1 fully saturated rings. The summed E-state index contributed by atoms with van der Waals surface area (Å²) >= 11 is 5.08. The maximum atomic E-state index is 5.91. The van der Waals surface area contributed by atoms with Crippen LogP contribution in [0.25, 0.3) is 0 Å². The molecule has 2 rings (SSSR count). The van der Waals surface area contributed by atoms with E-state index in [1.807, 2.05) is 12.1 Å². The van der Waals surface area contributed by atoms with Gasteiger partial charge in [-0.15, -0.1) is 0 Å². The molecule has 0 radical (unpaired) electrons. The van der Waals surface area contributed by atoms with Crippen LogP contribution in [0.5, 0.6) is 0 Å². The molecule has 4 heteroatoms. The molecule has 1 aliphatic carbocycles. The van der Waals surface area contributed by atoms with E-state index >= 15 is 0 Å². The van der Waals surface area contributed by atoms with E-state index in [0.29, 0.717) is 11.1 Å². The smallest absolute Gasteiger partial charge is 0.106 e. The molecule has 0 aliphatic heterocycles. The van der Waals surface area contributed by atoms with Gasteiger partial charge in [0.1, 0.15) is 4.99 Å². The Kier molecular flexibility index (Phi) is 5.80. The highest BCUT2D eigenvalue weighted by molar-refractivity contribution is 7.80. The molecule has 0 bridgehead atoms. The van der Waals surface area contributed by atoms with Crippen molar-refractivity contribution in [2.75, 3.05) is 18.5 Å². The topological polar surface area (TPSA) is 47.3 Å². The fourth-order valence-electron chi connectivity index (χ4n) is 2.66. The third-order valence-corrected chi connectivity index (χ3v) is 3.98. The molecule has 0 unspecified atom stereocenters. The van der Waals surface area contributed by atoms with Crippen molar-refractivity contribution in [3.05, 3.63) is 29.3 Å².